The van der Waals surface area contributed by atoms with E-state index in [0.717, 1.165) is 11.1 Å². The fourth-order valence-electron chi connectivity index (χ4n) is 1.85. The van der Waals surface area contributed by atoms with Crippen LogP contribution >= 0.6 is 0 Å². The summed E-state index contributed by atoms with van der Waals surface area (Å²) in [5.41, 5.74) is 14.8. The predicted molar refractivity (Wildman–Crippen MR) is 73.8 cm³/mol. The maximum absolute atomic E-state index is 5.96. The van der Waals surface area contributed by atoms with E-state index in [1.165, 1.54) is 0 Å². The van der Waals surface area contributed by atoms with Crippen molar-refractivity contribution in [3.63, 3.8) is 0 Å². The van der Waals surface area contributed by atoms with Gasteiger partial charge in [0.05, 0.1) is 14.2 Å². The van der Waals surface area contributed by atoms with Crippen molar-refractivity contribution in [3.05, 3.63) is 36.4 Å². The van der Waals surface area contributed by atoms with Gasteiger partial charge in [0.25, 0.3) is 0 Å². The van der Waals surface area contributed by atoms with Crippen LogP contribution in [-0.4, -0.2) is 14.2 Å². The van der Waals surface area contributed by atoms with E-state index in [1.807, 2.05) is 30.3 Å². The molecule has 94 valence electrons. The maximum Gasteiger partial charge on any atom is 0.161 e. The lowest BCUT2D eigenvalue weighted by Gasteiger charge is -2.11. The Balaban J connectivity index is 2.51. The number of benzene rings is 2. The third kappa shape index (κ3) is 2.18. The molecule has 0 aliphatic heterocycles. The van der Waals surface area contributed by atoms with E-state index in [2.05, 4.69) is 0 Å². The van der Waals surface area contributed by atoms with Crippen molar-refractivity contribution >= 4 is 11.4 Å². The van der Waals surface area contributed by atoms with Gasteiger partial charge < -0.3 is 20.9 Å². The fraction of sp³-hybridized carbons (Fsp3) is 0.143. The van der Waals surface area contributed by atoms with Gasteiger partial charge in [-0.25, -0.2) is 0 Å². The lowest BCUT2D eigenvalue weighted by atomic mass is 10.0. The average molecular weight is 244 g/mol. The van der Waals surface area contributed by atoms with E-state index >= 15 is 0 Å². The zero-order valence-corrected chi connectivity index (χ0v) is 10.4. The molecule has 0 radical (unpaired) electrons. The van der Waals surface area contributed by atoms with Crippen LogP contribution < -0.4 is 20.9 Å². The summed E-state index contributed by atoms with van der Waals surface area (Å²) in [4.78, 5) is 0. The molecule has 18 heavy (non-hydrogen) atoms. The summed E-state index contributed by atoms with van der Waals surface area (Å²) < 4.78 is 10.5. The van der Waals surface area contributed by atoms with Crippen LogP contribution in [0.4, 0.5) is 11.4 Å². The molecule has 0 saturated carbocycles. The number of ether oxygens (including phenoxy) is 2. The van der Waals surface area contributed by atoms with Gasteiger partial charge in [0, 0.05) is 16.9 Å². The molecule has 0 fully saturated rings. The molecule has 0 aliphatic rings. The van der Waals surface area contributed by atoms with Crippen LogP contribution in [0.2, 0.25) is 0 Å². The van der Waals surface area contributed by atoms with E-state index < -0.39 is 0 Å². The lowest BCUT2D eigenvalue weighted by molar-refractivity contribution is 0.355. The van der Waals surface area contributed by atoms with Crippen molar-refractivity contribution in [1.29, 1.82) is 0 Å². The minimum absolute atomic E-state index is 0.641. The molecule has 0 unspecified atom stereocenters. The lowest BCUT2D eigenvalue weighted by Crippen LogP contribution is -1.94. The Kier molecular flexibility index (Phi) is 3.28. The van der Waals surface area contributed by atoms with E-state index in [-0.39, 0.29) is 0 Å². The molecule has 0 aliphatic carbocycles. The SMILES string of the molecule is COc1ccc(-c2ccc(N)cc2N)cc1OC. The molecule has 0 heterocycles. The first-order chi connectivity index (χ1) is 8.65. The van der Waals surface area contributed by atoms with E-state index in [9.17, 15) is 0 Å². The van der Waals surface area contributed by atoms with Crippen LogP contribution in [0.25, 0.3) is 11.1 Å². The molecule has 0 atom stereocenters. The monoisotopic (exact) mass is 244 g/mol. The number of nitrogen functional groups attached to an aromatic ring is 2. The van der Waals surface area contributed by atoms with Crippen molar-refractivity contribution in [3.8, 4) is 22.6 Å². The largest absolute Gasteiger partial charge is 0.493 e. The van der Waals surface area contributed by atoms with Gasteiger partial charge in [0.2, 0.25) is 0 Å². The van der Waals surface area contributed by atoms with Gasteiger partial charge in [-0.15, -0.1) is 0 Å². The summed E-state index contributed by atoms with van der Waals surface area (Å²) in [5, 5.41) is 0. The van der Waals surface area contributed by atoms with E-state index in [0.29, 0.717) is 22.9 Å². The third-order valence-electron chi connectivity index (χ3n) is 2.77. The second kappa shape index (κ2) is 4.87. The first-order valence-electron chi connectivity index (χ1n) is 5.53. The van der Waals surface area contributed by atoms with Gasteiger partial charge in [-0.05, 0) is 29.8 Å². The molecule has 4 N–H and O–H groups in total. The van der Waals surface area contributed by atoms with Crippen molar-refractivity contribution in [2.75, 3.05) is 25.7 Å². The molecule has 0 amide bonds. The average Bonchev–Trinajstić information content (AvgIpc) is 2.38. The highest BCUT2D eigenvalue weighted by Gasteiger charge is 2.08. The van der Waals surface area contributed by atoms with Gasteiger partial charge in [0.1, 0.15) is 0 Å². The van der Waals surface area contributed by atoms with Gasteiger partial charge in [-0.2, -0.15) is 0 Å². The Morgan fingerprint density at radius 3 is 2.17 bits per heavy atom. The van der Waals surface area contributed by atoms with Crippen LogP contribution in [0.3, 0.4) is 0 Å². The number of anilines is 2. The first-order valence-corrected chi connectivity index (χ1v) is 5.53. The van der Waals surface area contributed by atoms with Crippen molar-refractivity contribution in [2.24, 2.45) is 0 Å². The molecule has 0 spiro atoms. The second-order valence-corrected chi connectivity index (χ2v) is 3.92. The molecule has 2 aromatic rings. The molecule has 0 aromatic heterocycles. The summed E-state index contributed by atoms with van der Waals surface area (Å²) in [6, 6.07) is 11.1. The first kappa shape index (κ1) is 12.1. The fourth-order valence-corrected chi connectivity index (χ4v) is 1.85. The number of rotatable bonds is 3. The van der Waals surface area contributed by atoms with Gasteiger partial charge in [-0.1, -0.05) is 12.1 Å². The highest BCUT2D eigenvalue weighted by Crippen LogP contribution is 2.34. The molecule has 4 heteroatoms. The zero-order valence-electron chi connectivity index (χ0n) is 10.4. The Labute approximate surface area is 106 Å². The van der Waals surface area contributed by atoms with Crippen LogP contribution in [0, 0.1) is 0 Å². The van der Waals surface area contributed by atoms with Crippen molar-refractivity contribution < 1.29 is 9.47 Å². The molecule has 2 aromatic carbocycles. The summed E-state index contributed by atoms with van der Waals surface area (Å²) >= 11 is 0. The summed E-state index contributed by atoms with van der Waals surface area (Å²) in [5.74, 6) is 1.36. The summed E-state index contributed by atoms with van der Waals surface area (Å²) in [7, 11) is 3.21. The van der Waals surface area contributed by atoms with E-state index in [1.54, 1.807) is 20.3 Å². The van der Waals surface area contributed by atoms with Gasteiger partial charge in [0.15, 0.2) is 11.5 Å². The van der Waals surface area contributed by atoms with Crippen LogP contribution in [0.5, 0.6) is 11.5 Å². The Bertz CT molecular complexity index is 568. The highest BCUT2D eigenvalue weighted by molar-refractivity contribution is 5.80. The third-order valence-corrected chi connectivity index (χ3v) is 2.77. The molecule has 2 rings (SSSR count). The Morgan fingerprint density at radius 2 is 1.56 bits per heavy atom. The van der Waals surface area contributed by atoms with E-state index in [4.69, 9.17) is 20.9 Å². The summed E-state index contributed by atoms with van der Waals surface area (Å²) in [6.07, 6.45) is 0. The summed E-state index contributed by atoms with van der Waals surface area (Å²) in [6.45, 7) is 0. The predicted octanol–water partition coefficient (Wildman–Crippen LogP) is 2.54. The van der Waals surface area contributed by atoms with Crippen LogP contribution in [0.1, 0.15) is 0 Å². The zero-order chi connectivity index (χ0) is 13.1. The smallest absolute Gasteiger partial charge is 0.161 e. The van der Waals surface area contributed by atoms with Gasteiger partial charge in [-0.3, -0.25) is 0 Å². The van der Waals surface area contributed by atoms with Gasteiger partial charge >= 0.3 is 0 Å². The molecule has 4 nitrogen and oxygen atoms in total. The van der Waals surface area contributed by atoms with Crippen molar-refractivity contribution in [2.45, 2.75) is 0 Å². The quantitative estimate of drug-likeness (QED) is 0.814. The normalized spacial score (nSPS) is 10.1. The molecule has 0 saturated heterocycles. The standard InChI is InChI=1S/C14H16N2O2/c1-17-13-6-3-9(7-14(13)18-2)11-5-4-10(15)8-12(11)16/h3-8H,15-16H2,1-2H3. The van der Waals surface area contributed by atoms with Crippen molar-refractivity contribution in [1.82, 2.24) is 0 Å². The highest BCUT2D eigenvalue weighted by atomic mass is 16.5. The minimum atomic E-state index is 0.641. The number of hydrogen-bond acceptors (Lipinski definition) is 4. The number of methoxy groups -OCH3 is 2. The Morgan fingerprint density at radius 1 is 0.833 bits per heavy atom. The molecular formula is C14H16N2O2. The van der Waals surface area contributed by atoms with Crippen LogP contribution in [0.15, 0.2) is 36.4 Å². The minimum Gasteiger partial charge on any atom is -0.493 e. The van der Waals surface area contributed by atoms with Crippen LogP contribution in [-0.2, 0) is 0 Å². The second-order valence-electron chi connectivity index (χ2n) is 3.92. The maximum atomic E-state index is 5.96. The molecule has 0 bridgehead atoms. The molecular weight excluding hydrogens is 228 g/mol. The Hall–Kier alpha value is -2.36. The number of nitrogens with two attached hydrogens (primary N) is 2. The topological polar surface area (TPSA) is 70.5 Å². The number of hydrogen-bond donors (Lipinski definition) is 2.